The fraction of sp³-hybridized carbons (Fsp3) is 0.571. The third-order valence-electron chi connectivity index (χ3n) is 6.72. The fourth-order valence-corrected chi connectivity index (χ4v) is 5.96. The summed E-state index contributed by atoms with van der Waals surface area (Å²) in [5.41, 5.74) is 0.163. The second-order valence-electron chi connectivity index (χ2n) is 8.68. The minimum atomic E-state index is -0.386. The van der Waals surface area contributed by atoms with Gasteiger partial charge >= 0.3 is 0 Å². The maximum atomic E-state index is 13.8. The Hall–Kier alpha value is -2.24. The molecular weight excluding hydrogens is 345 g/mol. The molecule has 6 rings (SSSR count). The van der Waals surface area contributed by atoms with Crippen LogP contribution in [0.5, 0.6) is 0 Å². The molecular formula is C21H24FN3O2. The number of amides is 1. The molecule has 1 aromatic carbocycles. The molecule has 27 heavy (non-hydrogen) atoms. The summed E-state index contributed by atoms with van der Waals surface area (Å²) < 4.78 is 19.4. The molecule has 2 aromatic rings. The van der Waals surface area contributed by atoms with Gasteiger partial charge in [0.2, 0.25) is 11.8 Å². The van der Waals surface area contributed by atoms with Gasteiger partial charge in [-0.2, -0.15) is 0 Å². The third-order valence-corrected chi connectivity index (χ3v) is 6.72. The Balaban J connectivity index is 1.20. The van der Waals surface area contributed by atoms with Crippen LogP contribution in [0.4, 0.5) is 4.39 Å². The van der Waals surface area contributed by atoms with Crippen molar-refractivity contribution in [3.8, 4) is 11.5 Å². The lowest BCUT2D eigenvalue weighted by atomic mass is 9.49. The lowest BCUT2D eigenvalue weighted by molar-refractivity contribution is -0.146. The first-order chi connectivity index (χ1) is 13.1. The zero-order chi connectivity index (χ0) is 18.4. The molecule has 4 bridgehead atoms. The van der Waals surface area contributed by atoms with Gasteiger partial charge < -0.3 is 9.73 Å². The number of nitrogens with zero attached hydrogens (tertiary/aromatic N) is 2. The van der Waals surface area contributed by atoms with E-state index in [-0.39, 0.29) is 23.0 Å². The monoisotopic (exact) mass is 369 g/mol. The van der Waals surface area contributed by atoms with Crippen LogP contribution in [0.25, 0.3) is 11.5 Å². The number of carbonyl (C=O) groups excluding carboxylic acids is 1. The smallest absolute Gasteiger partial charge is 0.250 e. The van der Waals surface area contributed by atoms with Crippen LogP contribution in [0.3, 0.4) is 0 Å². The molecule has 4 aliphatic carbocycles. The number of nitrogens with one attached hydrogen (secondary N) is 1. The number of rotatable bonds is 5. The number of hydrogen-bond donors (Lipinski definition) is 1. The van der Waals surface area contributed by atoms with Crippen LogP contribution in [0.1, 0.15) is 44.4 Å². The molecule has 0 aliphatic heterocycles. The molecule has 4 saturated carbocycles. The Morgan fingerprint density at radius 1 is 1.11 bits per heavy atom. The van der Waals surface area contributed by atoms with Crippen molar-refractivity contribution in [1.82, 2.24) is 15.5 Å². The maximum absolute atomic E-state index is 13.8. The zero-order valence-corrected chi connectivity index (χ0v) is 15.3. The first kappa shape index (κ1) is 16.9. The molecule has 6 heteroatoms. The van der Waals surface area contributed by atoms with Crippen molar-refractivity contribution in [3.63, 3.8) is 0 Å². The summed E-state index contributed by atoms with van der Waals surface area (Å²) in [5.74, 6) is 2.66. The normalized spacial score (nSPS) is 31.2. The van der Waals surface area contributed by atoms with Crippen LogP contribution < -0.4 is 5.32 Å². The van der Waals surface area contributed by atoms with E-state index in [4.69, 9.17) is 4.42 Å². The minimum absolute atomic E-state index is 0.137. The summed E-state index contributed by atoms with van der Waals surface area (Å²) >= 11 is 0. The van der Waals surface area contributed by atoms with Crippen LogP contribution in [-0.2, 0) is 11.2 Å². The predicted molar refractivity (Wildman–Crippen MR) is 97.0 cm³/mol. The van der Waals surface area contributed by atoms with E-state index >= 15 is 0 Å². The van der Waals surface area contributed by atoms with E-state index in [9.17, 15) is 9.18 Å². The van der Waals surface area contributed by atoms with E-state index in [0.717, 1.165) is 37.0 Å². The van der Waals surface area contributed by atoms with Crippen LogP contribution >= 0.6 is 0 Å². The number of halogens is 1. The molecule has 0 spiro atoms. The Kier molecular flexibility index (Phi) is 4.02. The highest BCUT2D eigenvalue weighted by Crippen LogP contribution is 2.60. The Bertz CT molecular complexity index is 827. The van der Waals surface area contributed by atoms with Gasteiger partial charge in [-0.1, -0.05) is 12.1 Å². The van der Waals surface area contributed by atoms with Crippen molar-refractivity contribution in [1.29, 1.82) is 0 Å². The van der Waals surface area contributed by atoms with E-state index in [1.165, 1.54) is 25.3 Å². The van der Waals surface area contributed by atoms with Gasteiger partial charge in [-0.25, -0.2) is 4.39 Å². The number of aromatic nitrogens is 2. The molecule has 0 saturated heterocycles. The number of benzene rings is 1. The molecule has 4 aliphatic rings. The molecule has 1 amide bonds. The van der Waals surface area contributed by atoms with Crippen molar-refractivity contribution in [2.24, 2.45) is 23.2 Å². The highest BCUT2D eigenvalue weighted by atomic mass is 19.1. The second-order valence-corrected chi connectivity index (χ2v) is 8.68. The summed E-state index contributed by atoms with van der Waals surface area (Å²) in [7, 11) is 0. The van der Waals surface area contributed by atoms with Crippen molar-refractivity contribution < 1.29 is 13.6 Å². The lowest BCUT2D eigenvalue weighted by Gasteiger charge is -2.55. The van der Waals surface area contributed by atoms with E-state index < -0.39 is 0 Å². The molecule has 0 radical (unpaired) electrons. The van der Waals surface area contributed by atoms with Gasteiger partial charge in [-0.15, -0.1) is 10.2 Å². The average Bonchev–Trinajstić information content (AvgIpc) is 3.09. The van der Waals surface area contributed by atoms with Gasteiger partial charge in [-0.05, 0) is 68.4 Å². The molecule has 4 fully saturated rings. The summed E-state index contributed by atoms with van der Waals surface area (Å²) in [6, 6.07) is 6.33. The SMILES string of the molecule is O=C(NCCc1nnc(-c2ccccc2F)o1)C12CC3CC(CC(C3)C1)C2. The van der Waals surface area contributed by atoms with Crippen LogP contribution in [0, 0.1) is 29.0 Å². The summed E-state index contributed by atoms with van der Waals surface area (Å²) in [6.07, 6.45) is 7.61. The standard InChI is InChI=1S/C21H24FN3O2/c22-17-4-2-1-3-16(17)19-25-24-18(27-19)5-6-23-20(26)21-10-13-7-14(11-21)9-15(8-13)12-21/h1-4,13-15H,5-12H2,(H,23,26). The molecule has 1 heterocycles. The largest absolute Gasteiger partial charge is 0.421 e. The molecule has 0 unspecified atom stereocenters. The Labute approximate surface area is 157 Å². The lowest BCUT2D eigenvalue weighted by Crippen LogP contribution is -2.53. The predicted octanol–water partition coefficient (Wildman–Crippen LogP) is 3.75. The Morgan fingerprint density at radius 3 is 2.44 bits per heavy atom. The summed E-state index contributed by atoms with van der Waals surface area (Å²) in [4.78, 5) is 12.9. The van der Waals surface area contributed by atoms with E-state index in [2.05, 4.69) is 15.5 Å². The summed E-state index contributed by atoms with van der Waals surface area (Å²) in [5, 5.41) is 11.0. The minimum Gasteiger partial charge on any atom is -0.421 e. The Morgan fingerprint density at radius 2 is 1.78 bits per heavy atom. The van der Waals surface area contributed by atoms with Crippen LogP contribution in [0.15, 0.2) is 28.7 Å². The third kappa shape index (κ3) is 3.05. The van der Waals surface area contributed by atoms with Crippen LogP contribution in [-0.4, -0.2) is 22.6 Å². The molecule has 0 atom stereocenters. The average molecular weight is 369 g/mol. The van der Waals surface area contributed by atoms with Crippen molar-refractivity contribution in [2.75, 3.05) is 6.54 Å². The summed E-state index contributed by atoms with van der Waals surface area (Å²) in [6.45, 7) is 0.472. The highest BCUT2D eigenvalue weighted by molar-refractivity contribution is 5.83. The van der Waals surface area contributed by atoms with E-state index in [1.54, 1.807) is 18.2 Å². The topological polar surface area (TPSA) is 68.0 Å². The van der Waals surface area contributed by atoms with Gasteiger partial charge in [0.25, 0.3) is 5.89 Å². The second kappa shape index (κ2) is 6.43. The van der Waals surface area contributed by atoms with Crippen LogP contribution in [0.2, 0.25) is 0 Å². The van der Waals surface area contributed by atoms with E-state index in [1.807, 2.05) is 0 Å². The first-order valence-corrected chi connectivity index (χ1v) is 9.97. The van der Waals surface area contributed by atoms with Gasteiger partial charge in [-0.3, -0.25) is 4.79 Å². The van der Waals surface area contributed by atoms with E-state index in [0.29, 0.717) is 24.4 Å². The van der Waals surface area contributed by atoms with Crippen molar-refractivity contribution in [3.05, 3.63) is 36.0 Å². The van der Waals surface area contributed by atoms with Crippen molar-refractivity contribution in [2.45, 2.75) is 44.9 Å². The first-order valence-electron chi connectivity index (χ1n) is 9.97. The van der Waals surface area contributed by atoms with Gasteiger partial charge in [0.15, 0.2) is 0 Å². The number of hydrogen-bond acceptors (Lipinski definition) is 4. The zero-order valence-electron chi connectivity index (χ0n) is 15.3. The number of carbonyl (C=O) groups is 1. The fourth-order valence-electron chi connectivity index (χ4n) is 5.96. The maximum Gasteiger partial charge on any atom is 0.250 e. The molecule has 1 aromatic heterocycles. The molecule has 142 valence electrons. The quantitative estimate of drug-likeness (QED) is 0.872. The molecule has 1 N–H and O–H groups in total. The van der Waals surface area contributed by atoms with Gasteiger partial charge in [0.1, 0.15) is 5.82 Å². The molecule has 5 nitrogen and oxygen atoms in total. The van der Waals surface area contributed by atoms with Crippen molar-refractivity contribution >= 4 is 5.91 Å². The highest BCUT2D eigenvalue weighted by Gasteiger charge is 2.54. The van der Waals surface area contributed by atoms with Gasteiger partial charge in [0, 0.05) is 18.4 Å². The van der Waals surface area contributed by atoms with Gasteiger partial charge in [0.05, 0.1) is 5.56 Å².